The molecule has 0 aliphatic heterocycles. The highest BCUT2D eigenvalue weighted by Crippen LogP contribution is 2.29. The minimum Gasteiger partial charge on any atom is -0.347 e. The molecular formula is C24H32N8O2. The summed E-state index contributed by atoms with van der Waals surface area (Å²) >= 11 is 0. The van der Waals surface area contributed by atoms with Crippen LogP contribution in [0, 0.1) is 0 Å². The molecule has 0 aliphatic carbocycles. The summed E-state index contributed by atoms with van der Waals surface area (Å²) in [7, 11) is 3.29. The molecule has 0 spiro atoms. The Morgan fingerprint density at radius 2 is 1.82 bits per heavy atom. The van der Waals surface area contributed by atoms with Crippen molar-refractivity contribution in [3.8, 4) is 17.2 Å². The average molecular weight is 465 g/mol. The van der Waals surface area contributed by atoms with Crippen molar-refractivity contribution in [3.63, 3.8) is 0 Å². The molecule has 3 heterocycles. The number of H-pyrrole nitrogens is 1. The molecule has 10 heteroatoms. The highest BCUT2D eigenvalue weighted by molar-refractivity contribution is 5.54. The number of methoxy groups -OCH3 is 2. The fourth-order valence-corrected chi connectivity index (χ4v) is 4.09. The number of rotatable bonds is 12. The second-order valence-corrected chi connectivity index (χ2v) is 8.20. The van der Waals surface area contributed by atoms with Crippen molar-refractivity contribution < 1.29 is 9.47 Å². The van der Waals surface area contributed by atoms with E-state index >= 15 is 0 Å². The number of hydrogen-bond acceptors (Lipinski definition) is 7. The van der Waals surface area contributed by atoms with E-state index < -0.39 is 5.79 Å². The van der Waals surface area contributed by atoms with Crippen molar-refractivity contribution in [2.24, 2.45) is 0 Å². The molecule has 34 heavy (non-hydrogen) atoms. The maximum atomic E-state index is 5.76. The van der Waals surface area contributed by atoms with Crippen molar-refractivity contribution in [3.05, 3.63) is 59.8 Å². The van der Waals surface area contributed by atoms with Crippen LogP contribution in [0.15, 0.2) is 42.6 Å². The summed E-state index contributed by atoms with van der Waals surface area (Å²) in [5.74, 6) is 1.22. The summed E-state index contributed by atoms with van der Waals surface area (Å²) in [4.78, 5) is 4.85. The first-order valence-corrected chi connectivity index (χ1v) is 11.7. The Bertz CT molecular complexity index is 1160. The minimum atomic E-state index is -0.925. The third kappa shape index (κ3) is 4.78. The van der Waals surface area contributed by atoms with Crippen molar-refractivity contribution in [1.82, 2.24) is 40.0 Å². The smallest absolute Gasteiger partial charge is 0.231 e. The third-order valence-corrected chi connectivity index (χ3v) is 5.97. The summed E-state index contributed by atoms with van der Waals surface area (Å²) in [5.41, 5.74) is 3.04. The van der Waals surface area contributed by atoms with Gasteiger partial charge in [0, 0.05) is 38.9 Å². The fourth-order valence-electron chi connectivity index (χ4n) is 4.09. The number of nitrogens with one attached hydrogen (secondary N) is 1. The van der Waals surface area contributed by atoms with Crippen molar-refractivity contribution in [1.29, 1.82) is 0 Å². The van der Waals surface area contributed by atoms with Crippen molar-refractivity contribution >= 4 is 0 Å². The number of nitrogens with zero attached hydrogens (tertiary/aromatic N) is 7. The molecule has 0 unspecified atom stereocenters. The highest BCUT2D eigenvalue weighted by Gasteiger charge is 2.36. The Morgan fingerprint density at radius 1 is 1.03 bits per heavy atom. The molecule has 180 valence electrons. The van der Waals surface area contributed by atoms with E-state index in [1.807, 2.05) is 27.6 Å². The lowest BCUT2D eigenvalue weighted by Gasteiger charge is -2.27. The van der Waals surface area contributed by atoms with E-state index in [9.17, 15) is 0 Å². The third-order valence-electron chi connectivity index (χ3n) is 5.97. The lowest BCUT2D eigenvalue weighted by atomic mass is 10.1. The van der Waals surface area contributed by atoms with Crippen LogP contribution in [-0.2, 0) is 28.2 Å². The van der Waals surface area contributed by atoms with E-state index in [4.69, 9.17) is 19.6 Å². The van der Waals surface area contributed by atoms with Gasteiger partial charge in [-0.05, 0) is 46.7 Å². The highest BCUT2D eigenvalue weighted by atomic mass is 16.7. The molecule has 0 amide bonds. The van der Waals surface area contributed by atoms with Crippen LogP contribution in [0.5, 0.6) is 0 Å². The Labute approximate surface area is 199 Å². The van der Waals surface area contributed by atoms with Gasteiger partial charge in [0.1, 0.15) is 5.82 Å². The minimum absolute atomic E-state index is 0.583. The number of tetrazole rings is 1. The topological polar surface area (TPSA) is 109 Å². The van der Waals surface area contributed by atoms with Crippen molar-refractivity contribution in [2.45, 2.75) is 58.3 Å². The predicted octanol–water partition coefficient (Wildman–Crippen LogP) is 3.89. The SMILES string of the molecule is CCCCc1nc(C(CCC)(OC)OC)nn1Cc1ccc(-n2cccc2-c2nnn[nH]2)cc1. The molecule has 0 atom stereocenters. The molecular weight excluding hydrogens is 432 g/mol. The molecule has 1 aromatic carbocycles. The lowest BCUT2D eigenvalue weighted by Crippen LogP contribution is -2.32. The van der Waals surface area contributed by atoms with Crippen LogP contribution >= 0.6 is 0 Å². The molecule has 4 rings (SSSR count). The zero-order valence-corrected chi connectivity index (χ0v) is 20.2. The van der Waals surface area contributed by atoms with Gasteiger partial charge in [0.2, 0.25) is 11.6 Å². The molecule has 0 saturated heterocycles. The van der Waals surface area contributed by atoms with Crippen LogP contribution < -0.4 is 0 Å². The summed E-state index contributed by atoms with van der Waals surface area (Å²) in [6.45, 7) is 4.89. The van der Waals surface area contributed by atoms with Crippen LogP contribution in [0.3, 0.4) is 0 Å². The van der Waals surface area contributed by atoms with Crippen molar-refractivity contribution in [2.75, 3.05) is 14.2 Å². The number of ether oxygens (including phenoxy) is 2. The number of unbranched alkanes of at least 4 members (excludes halogenated alkanes) is 1. The van der Waals surface area contributed by atoms with E-state index in [-0.39, 0.29) is 0 Å². The number of aryl methyl sites for hydroxylation is 1. The van der Waals surface area contributed by atoms with Crippen LogP contribution in [0.1, 0.15) is 56.7 Å². The van der Waals surface area contributed by atoms with Gasteiger partial charge in [0.05, 0.1) is 12.2 Å². The van der Waals surface area contributed by atoms with E-state index in [2.05, 4.69) is 58.7 Å². The molecule has 0 saturated carbocycles. The van der Waals surface area contributed by atoms with E-state index in [1.54, 1.807) is 14.2 Å². The lowest BCUT2D eigenvalue weighted by molar-refractivity contribution is -0.225. The van der Waals surface area contributed by atoms with Gasteiger partial charge in [-0.1, -0.05) is 38.8 Å². The Kier molecular flexibility index (Phi) is 7.49. The van der Waals surface area contributed by atoms with Gasteiger partial charge in [-0.2, -0.15) is 0 Å². The van der Waals surface area contributed by atoms with Gasteiger partial charge in [0.15, 0.2) is 5.82 Å². The molecule has 4 aromatic rings. The molecule has 1 N–H and O–H groups in total. The Morgan fingerprint density at radius 3 is 2.47 bits per heavy atom. The monoisotopic (exact) mass is 464 g/mol. The van der Waals surface area contributed by atoms with E-state index in [0.717, 1.165) is 48.5 Å². The maximum absolute atomic E-state index is 5.76. The standard InChI is InChI=1S/C24H32N8O2/c1-5-7-10-21-25-23(24(33-3,34-4)15-6-2)28-32(21)17-18-11-13-19(14-12-18)31-16-8-9-20(31)22-26-29-30-27-22/h8-9,11-14,16H,5-7,10,15,17H2,1-4H3,(H,26,27,29,30). The average Bonchev–Trinajstić information content (AvgIpc) is 3.63. The number of aromatic amines is 1. The quantitative estimate of drug-likeness (QED) is 0.317. The van der Waals surface area contributed by atoms with E-state index in [1.165, 1.54) is 0 Å². The summed E-state index contributed by atoms with van der Waals surface area (Å²) in [6.07, 6.45) is 6.56. The predicted molar refractivity (Wildman–Crippen MR) is 127 cm³/mol. The Hall–Kier alpha value is -3.37. The molecule has 0 fully saturated rings. The van der Waals surface area contributed by atoms with Crippen LogP contribution in [0.2, 0.25) is 0 Å². The first kappa shape index (κ1) is 23.8. The summed E-state index contributed by atoms with van der Waals surface area (Å²) < 4.78 is 15.5. The van der Waals surface area contributed by atoms with Gasteiger partial charge >= 0.3 is 0 Å². The second-order valence-electron chi connectivity index (χ2n) is 8.20. The van der Waals surface area contributed by atoms with Crippen LogP contribution in [0.25, 0.3) is 17.2 Å². The number of benzene rings is 1. The summed E-state index contributed by atoms with van der Waals surface area (Å²) in [6, 6.07) is 12.3. The van der Waals surface area contributed by atoms with E-state index in [0.29, 0.717) is 24.6 Å². The molecule has 10 nitrogen and oxygen atoms in total. The van der Waals surface area contributed by atoms with Gasteiger partial charge in [-0.15, -0.1) is 10.2 Å². The normalized spacial score (nSPS) is 11.9. The molecule has 0 bridgehead atoms. The number of aromatic nitrogens is 8. The largest absolute Gasteiger partial charge is 0.347 e. The zero-order valence-electron chi connectivity index (χ0n) is 20.2. The van der Waals surface area contributed by atoms with Gasteiger partial charge in [0.25, 0.3) is 0 Å². The van der Waals surface area contributed by atoms with Crippen LogP contribution in [-0.4, -0.2) is 54.2 Å². The first-order chi connectivity index (χ1) is 16.6. The molecule has 3 aromatic heterocycles. The number of hydrogen-bond donors (Lipinski definition) is 1. The fraction of sp³-hybridized carbons (Fsp3) is 0.458. The van der Waals surface area contributed by atoms with Crippen LogP contribution in [0.4, 0.5) is 0 Å². The first-order valence-electron chi connectivity index (χ1n) is 11.7. The molecule has 0 radical (unpaired) electrons. The Balaban J connectivity index is 1.60. The summed E-state index contributed by atoms with van der Waals surface area (Å²) in [5, 5.41) is 19.0. The van der Waals surface area contributed by atoms with Gasteiger partial charge in [-0.25, -0.2) is 14.8 Å². The second kappa shape index (κ2) is 10.7. The maximum Gasteiger partial charge on any atom is 0.231 e. The van der Waals surface area contributed by atoms with Gasteiger partial charge < -0.3 is 14.0 Å². The van der Waals surface area contributed by atoms with Gasteiger partial charge in [-0.3, -0.25) is 0 Å². The zero-order chi connectivity index (χ0) is 24.0. The molecule has 0 aliphatic rings.